The Balaban J connectivity index is 0.000000406. The van der Waals surface area contributed by atoms with Crippen LogP contribution in [0, 0.1) is 0 Å². The molecule has 1 saturated heterocycles. The molecule has 0 aliphatic carbocycles. The van der Waals surface area contributed by atoms with E-state index in [1.165, 1.54) is 18.1 Å². The van der Waals surface area contributed by atoms with Gasteiger partial charge in [-0.3, -0.25) is 14.6 Å². The number of carbonyl (C=O) groups is 2. The van der Waals surface area contributed by atoms with Crippen molar-refractivity contribution in [1.82, 2.24) is 10.3 Å². The summed E-state index contributed by atoms with van der Waals surface area (Å²) in [6.45, 7) is 9.98. The minimum Gasteiger partial charge on any atom is -0.463 e. The Kier molecular flexibility index (Phi) is 9.61. The van der Waals surface area contributed by atoms with Gasteiger partial charge in [-0.2, -0.15) is 5.10 Å². The van der Waals surface area contributed by atoms with E-state index in [0.29, 0.717) is 5.56 Å². The summed E-state index contributed by atoms with van der Waals surface area (Å²) >= 11 is 0. The summed E-state index contributed by atoms with van der Waals surface area (Å²) in [7, 11) is 0. The van der Waals surface area contributed by atoms with Crippen LogP contribution in [0.15, 0.2) is 47.6 Å². The average molecular weight is 467 g/mol. The Bertz CT molecular complexity index is 983. The molecule has 1 fully saturated rings. The van der Waals surface area contributed by atoms with E-state index in [2.05, 4.69) is 32.6 Å². The zero-order valence-corrected chi connectivity index (χ0v) is 20.2. The third kappa shape index (κ3) is 8.28. The fraction of sp³-hybridized carbons (Fsp3) is 0.423. The molecule has 182 valence electrons. The zero-order valence-electron chi connectivity index (χ0n) is 20.2. The topological polar surface area (TPSA) is 92.3 Å². The SMILES string of the molecule is CC(=O)OC(C)C.O=C(Nc1ccc2c(c1)CNCC2)c1ccc(C=NN2CCOCC2)cc1. The van der Waals surface area contributed by atoms with Gasteiger partial charge in [0.1, 0.15) is 0 Å². The zero-order chi connectivity index (χ0) is 24.3. The highest BCUT2D eigenvalue weighted by Crippen LogP contribution is 2.19. The quantitative estimate of drug-likeness (QED) is 0.519. The number of anilines is 1. The van der Waals surface area contributed by atoms with Gasteiger partial charge >= 0.3 is 5.97 Å². The minimum atomic E-state index is -0.213. The van der Waals surface area contributed by atoms with Crippen LogP contribution < -0.4 is 10.6 Å². The first-order valence-electron chi connectivity index (χ1n) is 11.7. The second kappa shape index (κ2) is 12.9. The van der Waals surface area contributed by atoms with Gasteiger partial charge in [-0.25, -0.2) is 0 Å². The van der Waals surface area contributed by atoms with Crippen LogP contribution >= 0.6 is 0 Å². The Morgan fingerprint density at radius 1 is 1.12 bits per heavy atom. The predicted molar refractivity (Wildman–Crippen MR) is 133 cm³/mol. The van der Waals surface area contributed by atoms with Gasteiger partial charge in [-0.1, -0.05) is 18.2 Å². The number of hydrogen-bond acceptors (Lipinski definition) is 7. The van der Waals surface area contributed by atoms with E-state index >= 15 is 0 Å². The van der Waals surface area contributed by atoms with Crippen LogP contribution in [0.2, 0.25) is 0 Å². The Morgan fingerprint density at radius 3 is 2.50 bits per heavy atom. The van der Waals surface area contributed by atoms with E-state index in [0.717, 1.165) is 57.1 Å². The Hall–Kier alpha value is -3.23. The van der Waals surface area contributed by atoms with Crippen LogP contribution in [0.25, 0.3) is 0 Å². The first-order valence-corrected chi connectivity index (χ1v) is 11.7. The van der Waals surface area contributed by atoms with Gasteiger partial charge in [0, 0.05) is 24.7 Å². The molecule has 0 atom stereocenters. The van der Waals surface area contributed by atoms with Gasteiger partial charge in [-0.05, 0) is 67.8 Å². The van der Waals surface area contributed by atoms with Crippen molar-refractivity contribution in [2.75, 3.05) is 38.2 Å². The average Bonchev–Trinajstić information content (AvgIpc) is 2.83. The van der Waals surface area contributed by atoms with Crippen LogP contribution in [0.3, 0.4) is 0 Å². The third-order valence-electron chi connectivity index (χ3n) is 5.28. The number of rotatable bonds is 5. The van der Waals surface area contributed by atoms with Crippen molar-refractivity contribution in [2.45, 2.75) is 39.8 Å². The Morgan fingerprint density at radius 2 is 1.85 bits per heavy atom. The van der Waals surface area contributed by atoms with Gasteiger partial charge in [0.15, 0.2) is 0 Å². The molecule has 0 saturated carbocycles. The summed E-state index contributed by atoms with van der Waals surface area (Å²) in [5.74, 6) is -0.314. The normalized spacial score (nSPS) is 15.4. The number of carbonyl (C=O) groups excluding carboxylic acids is 2. The molecule has 8 heteroatoms. The molecule has 0 radical (unpaired) electrons. The van der Waals surface area contributed by atoms with Crippen molar-refractivity contribution in [2.24, 2.45) is 5.10 Å². The van der Waals surface area contributed by atoms with Crippen molar-refractivity contribution in [1.29, 1.82) is 0 Å². The Labute approximate surface area is 201 Å². The molecule has 0 spiro atoms. The molecule has 4 rings (SSSR count). The highest BCUT2D eigenvalue weighted by molar-refractivity contribution is 6.04. The summed E-state index contributed by atoms with van der Waals surface area (Å²) in [6, 6.07) is 13.6. The molecular formula is C26H34N4O4. The van der Waals surface area contributed by atoms with Crippen molar-refractivity contribution < 1.29 is 19.1 Å². The fourth-order valence-corrected chi connectivity index (χ4v) is 3.63. The summed E-state index contributed by atoms with van der Waals surface area (Å²) in [4.78, 5) is 22.5. The number of benzene rings is 2. The largest absolute Gasteiger partial charge is 0.463 e. The molecule has 1 amide bonds. The number of ether oxygens (including phenoxy) is 2. The van der Waals surface area contributed by atoms with Gasteiger partial charge in [0.2, 0.25) is 0 Å². The highest BCUT2D eigenvalue weighted by Gasteiger charge is 2.11. The molecule has 2 heterocycles. The van der Waals surface area contributed by atoms with Crippen molar-refractivity contribution in [3.05, 3.63) is 64.7 Å². The number of esters is 1. The molecule has 2 aliphatic heterocycles. The number of hydrogen-bond donors (Lipinski definition) is 2. The van der Waals surface area contributed by atoms with Crippen LogP contribution in [0.5, 0.6) is 0 Å². The maximum Gasteiger partial charge on any atom is 0.302 e. The maximum absolute atomic E-state index is 12.5. The van der Waals surface area contributed by atoms with E-state index in [9.17, 15) is 9.59 Å². The fourth-order valence-electron chi connectivity index (χ4n) is 3.63. The molecule has 0 unspecified atom stereocenters. The molecule has 2 aromatic carbocycles. The maximum atomic E-state index is 12.5. The van der Waals surface area contributed by atoms with Gasteiger partial charge in [0.25, 0.3) is 5.91 Å². The lowest BCUT2D eigenvalue weighted by atomic mass is 10.0. The molecule has 0 bridgehead atoms. The second-order valence-corrected chi connectivity index (χ2v) is 8.46. The monoisotopic (exact) mass is 466 g/mol. The summed E-state index contributed by atoms with van der Waals surface area (Å²) in [6.07, 6.45) is 2.89. The van der Waals surface area contributed by atoms with Gasteiger partial charge < -0.3 is 20.1 Å². The third-order valence-corrected chi connectivity index (χ3v) is 5.28. The summed E-state index contributed by atoms with van der Waals surface area (Å²) in [5.41, 5.74) is 5.05. The smallest absolute Gasteiger partial charge is 0.302 e. The van der Waals surface area contributed by atoms with E-state index in [-0.39, 0.29) is 18.0 Å². The summed E-state index contributed by atoms with van der Waals surface area (Å²) < 4.78 is 9.92. The predicted octanol–water partition coefficient (Wildman–Crippen LogP) is 3.21. The lowest BCUT2D eigenvalue weighted by Crippen LogP contribution is -2.32. The molecule has 8 nitrogen and oxygen atoms in total. The number of hydrazone groups is 1. The minimum absolute atomic E-state index is 0.0255. The number of morpholine rings is 1. The summed E-state index contributed by atoms with van der Waals surface area (Å²) in [5, 5.41) is 12.8. The van der Waals surface area contributed by atoms with E-state index in [1.807, 2.05) is 55.4 Å². The van der Waals surface area contributed by atoms with Crippen LogP contribution in [0.1, 0.15) is 47.8 Å². The van der Waals surface area contributed by atoms with Gasteiger partial charge in [0.05, 0.1) is 38.6 Å². The standard InChI is InChI=1S/C21H24N4O2.C5H10O2/c26-21(24-20-6-5-17-7-8-22-15-19(17)13-20)18-3-1-16(2-4-18)14-23-25-9-11-27-12-10-25;1-4(2)7-5(3)6/h1-6,13-14,22H,7-12,15H2,(H,24,26);4H,1-3H3. The van der Waals surface area contributed by atoms with Crippen molar-refractivity contribution >= 4 is 23.8 Å². The molecule has 2 aliphatic rings. The lowest BCUT2D eigenvalue weighted by Gasteiger charge is -2.23. The molecule has 0 aromatic heterocycles. The van der Waals surface area contributed by atoms with E-state index < -0.39 is 0 Å². The van der Waals surface area contributed by atoms with Crippen LogP contribution in [-0.4, -0.2) is 62.1 Å². The second-order valence-electron chi connectivity index (χ2n) is 8.46. The highest BCUT2D eigenvalue weighted by atomic mass is 16.5. The van der Waals surface area contributed by atoms with Crippen molar-refractivity contribution in [3.8, 4) is 0 Å². The van der Waals surface area contributed by atoms with Crippen molar-refractivity contribution in [3.63, 3.8) is 0 Å². The first-order chi connectivity index (χ1) is 16.4. The number of fused-ring (bicyclic) bond motifs is 1. The number of amides is 1. The van der Waals surface area contributed by atoms with Gasteiger partial charge in [-0.15, -0.1) is 0 Å². The van der Waals surface area contributed by atoms with E-state index in [4.69, 9.17) is 4.74 Å². The number of nitrogens with one attached hydrogen (secondary N) is 2. The molecule has 34 heavy (non-hydrogen) atoms. The lowest BCUT2D eigenvalue weighted by molar-refractivity contribution is -0.144. The molecule has 2 N–H and O–H groups in total. The van der Waals surface area contributed by atoms with Crippen LogP contribution in [0.4, 0.5) is 5.69 Å². The van der Waals surface area contributed by atoms with Crippen LogP contribution in [-0.2, 0) is 27.2 Å². The number of nitrogens with zero attached hydrogens (tertiary/aromatic N) is 2. The first kappa shape index (κ1) is 25.4. The van der Waals surface area contributed by atoms with E-state index in [1.54, 1.807) is 0 Å². The molecule has 2 aromatic rings. The molecular weight excluding hydrogens is 432 g/mol.